The lowest BCUT2D eigenvalue weighted by molar-refractivity contribution is 0.981. The highest BCUT2D eigenvalue weighted by atomic mass is 35.5. The first-order chi connectivity index (χ1) is 4.83. The number of hydrogen-bond acceptors (Lipinski definition) is 3. The van der Waals surface area contributed by atoms with Crippen LogP contribution in [0.3, 0.4) is 0 Å². The SMILES string of the molecule is O=NCc1ccc(Cl)cn1. The predicted octanol–water partition coefficient (Wildman–Crippen LogP) is 2.00. The topological polar surface area (TPSA) is 42.3 Å². The third-order valence-electron chi connectivity index (χ3n) is 1.02. The van der Waals surface area contributed by atoms with Crippen LogP contribution in [0.1, 0.15) is 5.69 Å². The Bertz CT molecular complexity index is 222. The van der Waals surface area contributed by atoms with Gasteiger partial charge < -0.3 is 0 Å². The molecule has 0 aliphatic heterocycles. The van der Waals surface area contributed by atoms with Crippen molar-refractivity contribution in [3.05, 3.63) is 34.0 Å². The summed E-state index contributed by atoms with van der Waals surface area (Å²) in [7, 11) is 0. The smallest absolute Gasteiger partial charge is 0.123 e. The monoisotopic (exact) mass is 156 g/mol. The summed E-state index contributed by atoms with van der Waals surface area (Å²) >= 11 is 5.54. The first-order valence-corrected chi connectivity index (χ1v) is 3.10. The first-order valence-electron chi connectivity index (χ1n) is 2.72. The molecule has 1 rings (SSSR count). The first kappa shape index (κ1) is 7.15. The minimum Gasteiger partial charge on any atom is -0.258 e. The molecule has 1 heterocycles. The van der Waals surface area contributed by atoms with Crippen molar-refractivity contribution in [2.24, 2.45) is 5.18 Å². The molecule has 1 aromatic heterocycles. The molecule has 0 spiro atoms. The highest BCUT2D eigenvalue weighted by Crippen LogP contribution is 2.06. The minimum absolute atomic E-state index is 0.108. The number of nitrogens with zero attached hydrogens (tertiary/aromatic N) is 2. The lowest BCUT2D eigenvalue weighted by Gasteiger charge is -1.91. The zero-order chi connectivity index (χ0) is 7.40. The van der Waals surface area contributed by atoms with E-state index in [4.69, 9.17) is 11.6 Å². The van der Waals surface area contributed by atoms with Crippen molar-refractivity contribution in [3.8, 4) is 0 Å². The molecule has 1 aromatic rings. The molecule has 0 aliphatic carbocycles. The molecule has 0 amide bonds. The summed E-state index contributed by atoms with van der Waals surface area (Å²) in [5.41, 5.74) is 0.638. The van der Waals surface area contributed by atoms with Gasteiger partial charge in [0.05, 0.1) is 10.7 Å². The largest absolute Gasteiger partial charge is 0.258 e. The van der Waals surface area contributed by atoms with E-state index >= 15 is 0 Å². The van der Waals surface area contributed by atoms with Crippen molar-refractivity contribution in [1.82, 2.24) is 4.98 Å². The van der Waals surface area contributed by atoms with Gasteiger partial charge in [-0.2, -0.15) is 4.91 Å². The zero-order valence-electron chi connectivity index (χ0n) is 5.12. The van der Waals surface area contributed by atoms with Gasteiger partial charge in [-0.25, -0.2) is 0 Å². The van der Waals surface area contributed by atoms with Crippen molar-refractivity contribution >= 4 is 11.6 Å². The highest BCUT2D eigenvalue weighted by Gasteiger charge is 1.91. The molecule has 0 fully saturated rings. The highest BCUT2D eigenvalue weighted by molar-refractivity contribution is 6.30. The van der Waals surface area contributed by atoms with Gasteiger partial charge in [-0.05, 0) is 12.1 Å². The lowest BCUT2D eigenvalue weighted by atomic mass is 10.4. The third-order valence-corrected chi connectivity index (χ3v) is 1.24. The van der Waals surface area contributed by atoms with Crippen molar-refractivity contribution in [2.75, 3.05) is 0 Å². The van der Waals surface area contributed by atoms with E-state index in [1.807, 2.05) is 0 Å². The average Bonchev–Trinajstić information content (AvgIpc) is 1.95. The van der Waals surface area contributed by atoms with Crippen molar-refractivity contribution in [2.45, 2.75) is 6.54 Å². The van der Waals surface area contributed by atoms with Crippen LogP contribution < -0.4 is 0 Å². The maximum atomic E-state index is 9.74. The summed E-state index contributed by atoms with van der Waals surface area (Å²) in [5.74, 6) is 0. The van der Waals surface area contributed by atoms with Crippen molar-refractivity contribution in [3.63, 3.8) is 0 Å². The van der Waals surface area contributed by atoms with Crippen LogP contribution in [0.15, 0.2) is 23.5 Å². The van der Waals surface area contributed by atoms with Crippen molar-refractivity contribution in [1.29, 1.82) is 0 Å². The van der Waals surface area contributed by atoms with Crippen molar-refractivity contribution < 1.29 is 0 Å². The normalized spacial score (nSPS) is 9.30. The molecule has 10 heavy (non-hydrogen) atoms. The molecule has 52 valence electrons. The van der Waals surface area contributed by atoms with E-state index in [1.165, 1.54) is 6.20 Å². The molecule has 0 N–H and O–H groups in total. The fourth-order valence-corrected chi connectivity index (χ4v) is 0.678. The Morgan fingerprint density at radius 2 is 2.40 bits per heavy atom. The van der Waals surface area contributed by atoms with Crippen LogP contribution in [0.25, 0.3) is 0 Å². The van der Waals surface area contributed by atoms with E-state index in [1.54, 1.807) is 12.1 Å². The van der Waals surface area contributed by atoms with Crippen LogP contribution in [0.4, 0.5) is 0 Å². The number of aromatic nitrogens is 1. The summed E-state index contributed by atoms with van der Waals surface area (Å²) < 4.78 is 0. The Balaban J connectivity index is 2.78. The molecular weight excluding hydrogens is 152 g/mol. The van der Waals surface area contributed by atoms with Crippen LogP contribution in [0, 0.1) is 4.91 Å². The second kappa shape index (κ2) is 3.27. The Hall–Kier alpha value is -0.960. The van der Waals surface area contributed by atoms with Gasteiger partial charge in [0, 0.05) is 6.20 Å². The maximum Gasteiger partial charge on any atom is 0.123 e. The van der Waals surface area contributed by atoms with E-state index in [0.717, 1.165) is 0 Å². The summed E-state index contributed by atoms with van der Waals surface area (Å²) in [6.45, 7) is 0.108. The predicted molar refractivity (Wildman–Crippen MR) is 38.7 cm³/mol. The van der Waals surface area contributed by atoms with E-state index in [-0.39, 0.29) is 6.54 Å². The Morgan fingerprint density at radius 3 is 2.90 bits per heavy atom. The molecular formula is C6H5ClN2O. The van der Waals surface area contributed by atoms with Gasteiger partial charge in [-0.3, -0.25) is 4.98 Å². The standard InChI is InChI=1S/C6H5ClN2O/c7-5-1-2-6(4-9-10)8-3-5/h1-3H,4H2. The van der Waals surface area contributed by atoms with E-state index in [0.29, 0.717) is 10.7 Å². The maximum absolute atomic E-state index is 9.74. The fourth-order valence-electron chi connectivity index (χ4n) is 0.566. The van der Waals surface area contributed by atoms with Gasteiger partial charge in [0.2, 0.25) is 0 Å². The molecule has 0 atom stereocenters. The van der Waals surface area contributed by atoms with Crippen LogP contribution >= 0.6 is 11.6 Å². The van der Waals surface area contributed by atoms with Gasteiger partial charge in [-0.15, -0.1) is 0 Å². The summed E-state index contributed by atoms with van der Waals surface area (Å²) in [6, 6.07) is 3.35. The molecule has 0 radical (unpaired) electrons. The Morgan fingerprint density at radius 1 is 1.60 bits per heavy atom. The van der Waals surface area contributed by atoms with E-state index < -0.39 is 0 Å². The lowest BCUT2D eigenvalue weighted by Crippen LogP contribution is -1.84. The van der Waals surface area contributed by atoms with Gasteiger partial charge in [0.15, 0.2) is 0 Å². The number of hydrogen-bond donors (Lipinski definition) is 0. The van der Waals surface area contributed by atoms with Gasteiger partial charge in [-0.1, -0.05) is 16.8 Å². The molecule has 0 aliphatic rings. The van der Waals surface area contributed by atoms with Gasteiger partial charge in [0.25, 0.3) is 0 Å². The number of pyridine rings is 1. The summed E-state index contributed by atoms with van der Waals surface area (Å²) in [4.78, 5) is 13.6. The molecule has 0 bridgehead atoms. The molecule has 0 unspecified atom stereocenters. The fraction of sp³-hybridized carbons (Fsp3) is 0.167. The zero-order valence-corrected chi connectivity index (χ0v) is 5.88. The summed E-state index contributed by atoms with van der Waals surface area (Å²) in [6.07, 6.45) is 1.49. The Labute approximate surface area is 63.0 Å². The van der Waals surface area contributed by atoms with Crippen LogP contribution in [-0.2, 0) is 6.54 Å². The molecule has 3 nitrogen and oxygen atoms in total. The second-order valence-corrected chi connectivity index (χ2v) is 2.19. The quantitative estimate of drug-likeness (QED) is 0.615. The third kappa shape index (κ3) is 1.77. The van der Waals surface area contributed by atoms with E-state index in [9.17, 15) is 4.91 Å². The second-order valence-electron chi connectivity index (χ2n) is 1.75. The molecule has 0 saturated carbocycles. The summed E-state index contributed by atoms with van der Waals surface area (Å²) in [5, 5.41) is 3.24. The number of halogens is 1. The van der Waals surface area contributed by atoms with Crippen LogP contribution in [0.2, 0.25) is 5.02 Å². The minimum atomic E-state index is 0.108. The number of nitroso groups, excluding NO2 is 1. The van der Waals surface area contributed by atoms with Gasteiger partial charge >= 0.3 is 0 Å². The molecule has 4 heteroatoms. The average molecular weight is 157 g/mol. The molecule has 0 saturated heterocycles. The Kier molecular flexibility index (Phi) is 2.34. The molecule has 0 aromatic carbocycles. The van der Waals surface area contributed by atoms with E-state index in [2.05, 4.69) is 10.2 Å². The van der Waals surface area contributed by atoms with Crippen LogP contribution in [0.5, 0.6) is 0 Å². The van der Waals surface area contributed by atoms with Crippen LogP contribution in [-0.4, -0.2) is 4.98 Å². The number of rotatable bonds is 2. The van der Waals surface area contributed by atoms with Gasteiger partial charge in [0.1, 0.15) is 6.54 Å².